The number of tetrazole rings is 1. The number of hydrogen-bond acceptors (Lipinski definition) is 8. The zero-order valence-electron chi connectivity index (χ0n) is 16.8. The zero-order valence-corrected chi connectivity index (χ0v) is 16.8. The van der Waals surface area contributed by atoms with Crippen molar-refractivity contribution in [2.75, 3.05) is 19.4 Å². The van der Waals surface area contributed by atoms with E-state index in [0.717, 1.165) is 5.69 Å². The molecule has 0 radical (unpaired) electrons. The topological polar surface area (TPSA) is 132 Å². The van der Waals surface area contributed by atoms with Gasteiger partial charge in [-0.3, -0.25) is 9.59 Å². The lowest BCUT2D eigenvalue weighted by molar-refractivity contribution is -0.115. The van der Waals surface area contributed by atoms with Gasteiger partial charge in [-0.1, -0.05) is 11.2 Å². The van der Waals surface area contributed by atoms with Crippen LogP contribution in [0.3, 0.4) is 0 Å². The number of carbonyl (C=O) groups excluding carboxylic acids is 2. The summed E-state index contributed by atoms with van der Waals surface area (Å²) in [5, 5.41) is 17.7. The van der Waals surface area contributed by atoms with Crippen LogP contribution in [0.1, 0.15) is 16.2 Å². The molecule has 11 heteroatoms. The van der Waals surface area contributed by atoms with Crippen LogP contribution >= 0.6 is 0 Å². The Hall–Kier alpha value is -4.41. The Balaban J connectivity index is 1.40. The highest BCUT2D eigenvalue weighted by molar-refractivity contribution is 5.95. The summed E-state index contributed by atoms with van der Waals surface area (Å²) in [4.78, 5) is 30.0. The molecule has 0 bridgehead atoms. The molecule has 0 aliphatic heterocycles. The molecular formula is C20H18N8O3. The Bertz CT molecular complexity index is 1200. The predicted octanol–water partition coefficient (Wildman–Crippen LogP) is 1.60. The molecule has 2 aromatic carbocycles. The summed E-state index contributed by atoms with van der Waals surface area (Å²) in [6, 6.07) is 13.9. The lowest BCUT2D eigenvalue weighted by Crippen LogP contribution is -2.21. The first-order valence-corrected chi connectivity index (χ1v) is 9.27. The normalized spacial score (nSPS) is 10.6. The molecule has 2 aromatic heterocycles. The molecule has 0 spiro atoms. The molecular weight excluding hydrogens is 400 g/mol. The van der Waals surface area contributed by atoms with Gasteiger partial charge in [0.1, 0.15) is 6.33 Å². The van der Waals surface area contributed by atoms with E-state index in [9.17, 15) is 9.59 Å². The number of nitrogens with one attached hydrogen (secondary N) is 1. The zero-order chi connectivity index (χ0) is 21.8. The molecule has 31 heavy (non-hydrogen) atoms. The Morgan fingerprint density at radius 3 is 2.65 bits per heavy atom. The highest BCUT2D eigenvalue weighted by Gasteiger charge is 2.14. The maximum Gasteiger partial charge on any atom is 0.258 e. The van der Waals surface area contributed by atoms with Crippen molar-refractivity contribution in [1.82, 2.24) is 35.2 Å². The van der Waals surface area contributed by atoms with Gasteiger partial charge in [-0.25, -0.2) is 4.68 Å². The number of nitrogens with zero attached hydrogens (tertiary/aromatic N) is 7. The van der Waals surface area contributed by atoms with Gasteiger partial charge in [0.15, 0.2) is 5.82 Å². The third kappa shape index (κ3) is 4.61. The minimum absolute atomic E-state index is 0.0609. The third-order valence-electron chi connectivity index (χ3n) is 4.32. The number of hydrogen-bond donors (Lipinski definition) is 1. The van der Waals surface area contributed by atoms with Gasteiger partial charge in [0.25, 0.3) is 11.8 Å². The third-order valence-corrected chi connectivity index (χ3v) is 4.32. The predicted molar refractivity (Wildman–Crippen MR) is 109 cm³/mol. The first-order chi connectivity index (χ1) is 15.0. The number of anilines is 1. The average Bonchev–Trinajstić information content (AvgIpc) is 3.46. The lowest BCUT2D eigenvalue weighted by Gasteiger charge is -2.10. The second-order valence-corrected chi connectivity index (χ2v) is 6.82. The SMILES string of the molecule is CN(C)C(=O)c1ccc(NC(=O)Cc2noc(-c3cccc(-n4cnnn4)c3)n2)cc1. The van der Waals surface area contributed by atoms with Crippen molar-refractivity contribution in [3.8, 4) is 17.1 Å². The molecule has 0 saturated heterocycles. The van der Waals surface area contributed by atoms with Crippen LogP contribution in [0.5, 0.6) is 0 Å². The highest BCUT2D eigenvalue weighted by atomic mass is 16.5. The molecule has 1 N–H and O–H groups in total. The van der Waals surface area contributed by atoms with E-state index >= 15 is 0 Å². The van der Waals surface area contributed by atoms with Gasteiger partial charge in [0.2, 0.25) is 5.91 Å². The van der Waals surface area contributed by atoms with E-state index in [1.165, 1.54) is 15.9 Å². The van der Waals surface area contributed by atoms with Crippen LogP contribution in [-0.2, 0) is 11.2 Å². The number of rotatable bonds is 6. The molecule has 4 aromatic rings. The minimum atomic E-state index is -0.304. The van der Waals surface area contributed by atoms with Gasteiger partial charge in [-0.15, -0.1) is 5.10 Å². The molecule has 2 amide bonds. The van der Waals surface area contributed by atoms with Crippen molar-refractivity contribution in [2.45, 2.75) is 6.42 Å². The van der Waals surface area contributed by atoms with E-state index in [2.05, 4.69) is 31.0 Å². The molecule has 0 aliphatic carbocycles. The van der Waals surface area contributed by atoms with Crippen molar-refractivity contribution in [3.63, 3.8) is 0 Å². The molecule has 156 valence electrons. The summed E-state index contributed by atoms with van der Waals surface area (Å²) in [6.45, 7) is 0. The summed E-state index contributed by atoms with van der Waals surface area (Å²) in [7, 11) is 3.36. The summed E-state index contributed by atoms with van der Waals surface area (Å²) in [5.41, 5.74) is 2.51. The van der Waals surface area contributed by atoms with Crippen molar-refractivity contribution >= 4 is 17.5 Å². The first kappa shape index (κ1) is 19.9. The van der Waals surface area contributed by atoms with E-state index in [1.54, 1.807) is 44.4 Å². The number of amides is 2. The van der Waals surface area contributed by atoms with E-state index < -0.39 is 0 Å². The second-order valence-electron chi connectivity index (χ2n) is 6.82. The van der Waals surface area contributed by atoms with Crippen LogP contribution in [0.2, 0.25) is 0 Å². The van der Waals surface area contributed by atoms with Crippen LogP contribution in [0, 0.1) is 0 Å². The Kier molecular flexibility index (Phi) is 5.47. The largest absolute Gasteiger partial charge is 0.345 e. The van der Waals surface area contributed by atoms with Gasteiger partial charge < -0.3 is 14.7 Å². The van der Waals surface area contributed by atoms with Crippen LogP contribution in [0.25, 0.3) is 17.1 Å². The van der Waals surface area contributed by atoms with Gasteiger partial charge in [0, 0.05) is 30.9 Å². The van der Waals surface area contributed by atoms with E-state index in [4.69, 9.17) is 4.52 Å². The van der Waals surface area contributed by atoms with Crippen molar-refractivity contribution in [2.24, 2.45) is 0 Å². The fourth-order valence-electron chi connectivity index (χ4n) is 2.81. The molecule has 0 atom stereocenters. The number of carbonyl (C=O) groups is 2. The quantitative estimate of drug-likeness (QED) is 0.499. The maximum absolute atomic E-state index is 12.3. The summed E-state index contributed by atoms with van der Waals surface area (Å²) in [6.07, 6.45) is 1.42. The molecule has 2 heterocycles. The highest BCUT2D eigenvalue weighted by Crippen LogP contribution is 2.20. The molecule has 0 fully saturated rings. The lowest BCUT2D eigenvalue weighted by atomic mass is 10.2. The Morgan fingerprint density at radius 1 is 1.13 bits per heavy atom. The van der Waals surface area contributed by atoms with Crippen molar-refractivity contribution in [1.29, 1.82) is 0 Å². The van der Waals surface area contributed by atoms with E-state index in [0.29, 0.717) is 16.8 Å². The Morgan fingerprint density at radius 2 is 1.94 bits per heavy atom. The Labute approximate surface area is 176 Å². The second kappa shape index (κ2) is 8.53. The molecule has 0 unspecified atom stereocenters. The fraction of sp³-hybridized carbons (Fsp3) is 0.150. The van der Waals surface area contributed by atoms with Gasteiger partial charge in [-0.2, -0.15) is 4.98 Å². The fourth-order valence-corrected chi connectivity index (χ4v) is 2.81. The van der Waals surface area contributed by atoms with Gasteiger partial charge in [-0.05, 0) is 52.9 Å². The van der Waals surface area contributed by atoms with Crippen LogP contribution in [0.15, 0.2) is 59.4 Å². The van der Waals surface area contributed by atoms with Crippen molar-refractivity contribution < 1.29 is 14.1 Å². The summed E-state index contributed by atoms with van der Waals surface area (Å²) < 4.78 is 6.80. The smallest absolute Gasteiger partial charge is 0.258 e. The standard InChI is InChI=1S/C20H18N8O3/c1-27(2)20(30)13-6-8-15(9-7-13)22-18(29)11-17-23-19(31-24-17)14-4-3-5-16(10-14)28-12-21-25-26-28/h3-10,12H,11H2,1-2H3,(H,22,29). The number of aromatic nitrogens is 6. The van der Waals surface area contributed by atoms with E-state index in [-0.39, 0.29) is 30.0 Å². The minimum Gasteiger partial charge on any atom is -0.345 e. The van der Waals surface area contributed by atoms with Crippen LogP contribution < -0.4 is 5.32 Å². The summed E-state index contributed by atoms with van der Waals surface area (Å²) >= 11 is 0. The molecule has 0 aliphatic rings. The monoisotopic (exact) mass is 418 g/mol. The number of benzene rings is 2. The van der Waals surface area contributed by atoms with Gasteiger partial charge >= 0.3 is 0 Å². The maximum atomic E-state index is 12.3. The van der Waals surface area contributed by atoms with Crippen molar-refractivity contribution in [3.05, 3.63) is 66.2 Å². The molecule has 11 nitrogen and oxygen atoms in total. The van der Waals surface area contributed by atoms with Crippen LogP contribution in [-0.4, -0.2) is 61.2 Å². The van der Waals surface area contributed by atoms with Crippen LogP contribution in [0.4, 0.5) is 5.69 Å². The molecule has 4 rings (SSSR count). The molecule has 0 saturated carbocycles. The van der Waals surface area contributed by atoms with Gasteiger partial charge in [0.05, 0.1) is 12.1 Å². The van der Waals surface area contributed by atoms with E-state index in [1.807, 2.05) is 18.2 Å². The average molecular weight is 418 g/mol. The first-order valence-electron chi connectivity index (χ1n) is 9.27. The summed E-state index contributed by atoms with van der Waals surface area (Å²) in [5.74, 6) is 0.117.